The third kappa shape index (κ3) is 4.94. The van der Waals surface area contributed by atoms with E-state index >= 15 is 0 Å². The maximum atomic E-state index is 9.91. The van der Waals surface area contributed by atoms with Crippen LogP contribution in [0.4, 0.5) is 0 Å². The van der Waals surface area contributed by atoms with Gasteiger partial charge >= 0.3 is 0 Å². The van der Waals surface area contributed by atoms with E-state index in [-0.39, 0.29) is 5.41 Å². The Labute approximate surface area is 152 Å². The summed E-state index contributed by atoms with van der Waals surface area (Å²) in [5, 5.41) is 13.5. The van der Waals surface area contributed by atoms with Crippen LogP contribution in [0.1, 0.15) is 43.4 Å². The average Bonchev–Trinajstić information content (AvgIpc) is 2.63. The van der Waals surface area contributed by atoms with Crippen LogP contribution in [0.25, 0.3) is 0 Å². The molecule has 0 amide bonds. The van der Waals surface area contributed by atoms with Crippen molar-refractivity contribution in [2.75, 3.05) is 13.1 Å². The predicted molar refractivity (Wildman–Crippen MR) is 106 cm³/mol. The molecular weight excluding hydrogens is 304 g/mol. The molecule has 0 saturated heterocycles. The van der Waals surface area contributed by atoms with E-state index in [4.69, 9.17) is 0 Å². The van der Waals surface area contributed by atoms with E-state index in [1.165, 1.54) is 11.1 Å². The van der Waals surface area contributed by atoms with Crippen molar-refractivity contribution in [3.8, 4) is 6.07 Å². The highest BCUT2D eigenvalue weighted by molar-refractivity contribution is 5.33. The minimum Gasteiger partial charge on any atom is -0.316 e. The molecule has 132 valence electrons. The van der Waals surface area contributed by atoms with Gasteiger partial charge in [0.1, 0.15) is 0 Å². The van der Waals surface area contributed by atoms with E-state index in [1.54, 1.807) is 0 Å². The molecule has 0 aliphatic carbocycles. The minimum absolute atomic E-state index is 0.298. The Morgan fingerprint density at radius 3 is 2.32 bits per heavy atom. The third-order valence-electron chi connectivity index (χ3n) is 5.23. The average molecular weight is 335 g/mol. The largest absolute Gasteiger partial charge is 0.316 e. The van der Waals surface area contributed by atoms with Crippen LogP contribution in [0, 0.1) is 24.2 Å². The first-order chi connectivity index (χ1) is 12.1. The third-order valence-corrected chi connectivity index (χ3v) is 5.23. The van der Waals surface area contributed by atoms with Crippen LogP contribution in [0.2, 0.25) is 0 Å². The van der Waals surface area contributed by atoms with Crippen LogP contribution in [0.5, 0.6) is 0 Å². The van der Waals surface area contributed by atoms with Gasteiger partial charge in [-0.15, -0.1) is 0 Å². The van der Waals surface area contributed by atoms with Crippen LogP contribution in [-0.2, 0) is 11.8 Å². The van der Waals surface area contributed by atoms with Crippen molar-refractivity contribution >= 4 is 0 Å². The standard InChI is InChI=1S/C23H30N2/c1-19(2)23(18-24,22-12-5-4-6-13-22)15-9-16-25-17-14-21-11-8-7-10-20(21)3/h4-8,10-13,19,25H,9,14-17H2,1-3H3/t23-/m0/s1. The fourth-order valence-electron chi connectivity index (χ4n) is 3.48. The van der Waals surface area contributed by atoms with Gasteiger partial charge in [0.05, 0.1) is 11.5 Å². The molecule has 2 heteroatoms. The molecular formula is C23H30N2. The number of benzene rings is 2. The maximum Gasteiger partial charge on any atom is 0.0845 e. The summed E-state index contributed by atoms with van der Waals surface area (Å²) in [6.45, 7) is 8.41. The minimum atomic E-state index is -0.390. The number of hydrogen-bond donors (Lipinski definition) is 1. The summed E-state index contributed by atoms with van der Waals surface area (Å²) in [5.74, 6) is 0.298. The zero-order valence-corrected chi connectivity index (χ0v) is 15.8. The van der Waals surface area contributed by atoms with Crippen molar-refractivity contribution in [1.82, 2.24) is 5.32 Å². The summed E-state index contributed by atoms with van der Waals surface area (Å²) < 4.78 is 0. The first kappa shape index (κ1) is 19.2. The van der Waals surface area contributed by atoms with E-state index in [0.29, 0.717) is 5.92 Å². The fraction of sp³-hybridized carbons (Fsp3) is 0.435. The molecule has 0 spiro atoms. The second-order valence-corrected chi connectivity index (χ2v) is 7.13. The van der Waals surface area contributed by atoms with Gasteiger partial charge in [0.25, 0.3) is 0 Å². The first-order valence-electron chi connectivity index (χ1n) is 9.32. The van der Waals surface area contributed by atoms with Crippen LogP contribution < -0.4 is 5.32 Å². The monoisotopic (exact) mass is 334 g/mol. The number of nitriles is 1. The first-order valence-corrected chi connectivity index (χ1v) is 9.32. The zero-order chi connectivity index (χ0) is 18.1. The molecule has 2 aromatic carbocycles. The quantitative estimate of drug-likeness (QED) is 0.653. The Balaban J connectivity index is 1.84. The van der Waals surface area contributed by atoms with E-state index in [0.717, 1.165) is 37.9 Å². The highest BCUT2D eigenvalue weighted by Gasteiger charge is 2.35. The van der Waals surface area contributed by atoms with Gasteiger partial charge in [-0.1, -0.05) is 68.4 Å². The van der Waals surface area contributed by atoms with Gasteiger partial charge in [-0.05, 0) is 61.9 Å². The fourth-order valence-corrected chi connectivity index (χ4v) is 3.48. The molecule has 1 atom stereocenters. The summed E-state index contributed by atoms with van der Waals surface area (Å²) in [6.07, 6.45) is 2.95. The molecule has 2 nitrogen and oxygen atoms in total. The smallest absolute Gasteiger partial charge is 0.0845 e. The van der Waals surface area contributed by atoms with Crippen molar-refractivity contribution in [3.05, 3.63) is 71.3 Å². The Morgan fingerprint density at radius 2 is 1.68 bits per heavy atom. The summed E-state index contributed by atoms with van der Waals surface area (Å²) in [5.41, 5.74) is 3.52. The molecule has 1 N–H and O–H groups in total. The number of rotatable bonds is 9. The van der Waals surface area contributed by atoms with Crippen LogP contribution in [0.3, 0.4) is 0 Å². The topological polar surface area (TPSA) is 35.8 Å². The van der Waals surface area contributed by atoms with Gasteiger partial charge in [-0.2, -0.15) is 5.26 Å². The summed E-state index contributed by atoms with van der Waals surface area (Å²) >= 11 is 0. The van der Waals surface area contributed by atoms with Crippen molar-refractivity contribution in [1.29, 1.82) is 5.26 Å². The predicted octanol–water partition coefficient (Wildman–Crippen LogP) is 5.02. The molecule has 25 heavy (non-hydrogen) atoms. The molecule has 0 aliphatic heterocycles. The molecule has 0 unspecified atom stereocenters. The van der Waals surface area contributed by atoms with Crippen LogP contribution in [-0.4, -0.2) is 13.1 Å². The van der Waals surface area contributed by atoms with E-state index in [2.05, 4.69) is 68.6 Å². The van der Waals surface area contributed by atoms with Gasteiger partial charge in [0.2, 0.25) is 0 Å². The lowest BCUT2D eigenvalue weighted by Gasteiger charge is -2.31. The Kier molecular flexibility index (Phi) is 7.22. The van der Waals surface area contributed by atoms with Crippen molar-refractivity contribution in [3.63, 3.8) is 0 Å². The van der Waals surface area contributed by atoms with E-state index in [1.807, 2.05) is 18.2 Å². The van der Waals surface area contributed by atoms with Gasteiger partial charge in [0.15, 0.2) is 0 Å². The summed E-state index contributed by atoms with van der Waals surface area (Å²) in [4.78, 5) is 0. The number of nitrogens with zero attached hydrogens (tertiary/aromatic N) is 1. The molecule has 0 aliphatic rings. The van der Waals surface area contributed by atoms with Gasteiger partial charge in [0, 0.05) is 0 Å². The van der Waals surface area contributed by atoms with Crippen molar-refractivity contribution in [2.24, 2.45) is 5.92 Å². The second kappa shape index (κ2) is 9.39. The molecule has 0 bridgehead atoms. The SMILES string of the molecule is Cc1ccccc1CCNCCC[C@@](C#N)(c1ccccc1)C(C)C. The maximum absolute atomic E-state index is 9.91. The molecule has 0 saturated carbocycles. The second-order valence-electron chi connectivity index (χ2n) is 7.13. The Morgan fingerprint density at radius 1 is 1.00 bits per heavy atom. The number of aryl methyl sites for hydroxylation is 1. The number of nitrogens with one attached hydrogen (secondary N) is 1. The van der Waals surface area contributed by atoms with E-state index in [9.17, 15) is 5.26 Å². The van der Waals surface area contributed by atoms with Crippen LogP contribution in [0.15, 0.2) is 54.6 Å². The normalized spacial score (nSPS) is 13.4. The van der Waals surface area contributed by atoms with Gasteiger partial charge in [-0.3, -0.25) is 0 Å². The molecule has 0 fully saturated rings. The van der Waals surface area contributed by atoms with Gasteiger partial charge in [-0.25, -0.2) is 0 Å². The van der Waals surface area contributed by atoms with E-state index < -0.39 is 0 Å². The highest BCUT2D eigenvalue weighted by atomic mass is 14.8. The molecule has 0 radical (unpaired) electrons. The van der Waals surface area contributed by atoms with Crippen molar-refractivity contribution < 1.29 is 0 Å². The van der Waals surface area contributed by atoms with Crippen molar-refractivity contribution in [2.45, 2.75) is 45.4 Å². The lowest BCUT2D eigenvalue weighted by Crippen LogP contribution is -2.32. The molecule has 2 aromatic rings. The molecule has 0 aromatic heterocycles. The Hall–Kier alpha value is -2.11. The van der Waals surface area contributed by atoms with Crippen LogP contribution >= 0.6 is 0 Å². The van der Waals surface area contributed by atoms with Gasteiger partial charge < -0.3 is 5.32 Å². The zero-order valence-electron chi connectivity index (χ0n) is 15.8. The molecule has 0 heterocycles. The lowest BCUT2D eigenvalue weighted by atomic mass is 9.70. The Bertz CT molecular complexity index is 685. The highest BCUT2D eigenvalue weighted by Crippen LogP contribution is 2.36. The summed E-state index contributed by atoms with van der Waals surface area (Å²) in [7, 11) is 0. The number of hydrogen-bond acceptors (Lipinski definition) is 2. The lowest BCUT2D eigenvalue weighted by molar-refractivity contribution is 0.356. The molecule has 2 rings (SSSR count). The summed E-state index contributed by atoms with van der Waals surface area (Å²) in [6, 6.07) is 21.4.